The molecule has 0 bridgehead atoms. The minimum absolute atomic E-state index is 0.0474. The van der Waals surface area contributed by atoms with Crippen molar-refractivity contribution in [3.8, 4) is 6.07 Å². The number of sulfone groups is 1. The average Bonchev–Trinajstić information content (AvgIpc) is 3.00. The van der Waals surface area contributed by atoms with Crippen molar-refractivity contribution in [2.24, 2.45) is 0 Å². The largest absolute Gasteiger partial charge is 0.417 e. The Bertz CT molecular complexity index is 913. The molecule has 0 saturated heterocycles. The maximum Gasteiger partial charge on any atom is 0.417 e. The molecule has 2 aromatic rings. The molecule has 8 nitrogen and oxygen atoms in total. The van der Waals surface area contributed by atoms with Crippen LogP contribution >= 0.6 is 0 Å². The van der Waals surface area contributed by atoms with Crippen LogP contribution in [0, 0.1) is 11.3 Å². The summed E-state index contributed by atoms with van der Waals surface area (Å²) in [6.07, 6.45) is -3.08. The van der Waals surface area contributed by atoms with E-state index in [0.717, 1.165) is 18.3 Å². The van der Waals surface area contributed by atoms with Crippen molar-refractivity contribution in [3.05, 3.63) is 35.8 Å². The van der Waals surface area contributed by atoms with Crippen LogP contribution < -0.4 is 5.32 Å². The highest BCUT2D eigenvalue weighted by molar-refractivity contribution is 7.90. The number of hydrogen-bond donors (Lipinski definition) is 2. The van der Waals surface area contributed by atoms with E-state index in [1.807, 2.05) is 0 Å². The standard InChI is InChI=1S/C12H9F3N6O2S/c1-24(22,23)10-3-2-8(4-9(10)12(13,14)15)17-6-7(5-16)11-18-20-21-19-11/h2-4,6,17H,1H3,(H,18,19,20,21). The van der Waals surface area contributed by atoms with E-state index in [4.69, 9.17) is 5.26 Å². The van der Waals surface area contributed by atoms with Gasteiger partial charge in [0.15, 0.2) is 9.84 Å². The summed E-state index contributed by atoms with van der Waals surface area (Å²) in [6, 6.07) is 4.38. The third-order valence-electron chi connectivity index (χ3n) is 2.77. The normalized spacial score (nSPS) is 12.7. The Morgan fingerprint density at radius 1 is 1.42 bits per heavy atom. The number of alkyl halides is 3. The summed E-state index contributed by atoms with van der Waals surface area (Å²) < 4.78 is 62.1. The number of tetrazole rings is 1. The fraction of sp³-hybridized carbons (Fsp3) is 0.167. The number of nitrogens with zero attached hydrogens (tertiary/aromatic N) is 4. The Balaban J connectivity index is 2.41. The van der Waals surface area contributed by atoms with Crippen LogP contribution in [0.25, 0.3) is 5.57 Å². The quantitative estimate of drug-likeness (QED) is 0.795. The smallest absolute Gasteiger partial charge is 0.360 e. The number of aromatic amines is 1. The zero-order valence-electron chi connectivity index (χ0n) is 12.0. The maximum atomic E-state index is 13.1. The predicted molar refractivity (Wildman–Crippen MR) is 75.9 cm³/mol. The van der Waals surface area contributed by atoms with Crippen molar-refractivity contribution < 1.29 is 21.6 Å². The second kappa shape index (κ2) is 6.28. The van der Waals surface area contributed by atoms with Gasteiger partial charge in [0.2, 0.25) is 5.82 Å². The molecule has 0 atom stereocenters. The van der Waals surface area contributed by atoms with Gasteiger partial charge in [-0.3, -0.25) is 0 Å². The molecule has 2 rings (SSSR count). The molecule has 0 radical (unpaired) electrons. The number of anilines is 1. The Labute approximate surface area is 133 Å². The zero-order valence-corrected chi connectivity index (χ0v) is 12.8. The van der Waals surface area contributed by atoms with E-state index in [1.165, 1.54) is 0 Å². The summed E-state index contributed by atoms with van der Waals surface area (Å²) in [6.45, 7) is 0. The van der Waals surface area contributed by atoms with Gasteiger partial charge < -0.3 is 5.32 Å². The molecule has 24 heavy (non-hydrogen) atoms. The number of H-pyrrole nitrogens is 1. The fourth-order valence-electron chi connectivity index (χ4n) is 1.74. The summed E-state index contributed by atoms with van der Waals surface area (Å²) in [7, 11) is -4.05. The third kappa shape index (κ3) is 3.87. The van der Waals surface area contributed by atoms with E-state index >= 15 is 0 Å². The van der Waals surface area contributed by atoms with Gasteiger partial charge in [-0.15, -0.1) is 10.2 Å². The number of halogens is 3. The lowest BCUT2D eigenvalue weighted by atomic mass is 10.2. The van der Waals surface area contributed by atoms with Gasteiger partial charge >= 0.3 is 6.18 Å². The van der Waals surface area contributed by atoms with E-state index in [-0.39, 0.29) is 17.1 Å². The maximum absolute atomic E-state index is 13.1. The number of hydrogen-bond acceptors (Lipinski definition) is 7. The zero-order chi connectivity index (χ0) is 18.0. The van der Waals surface area contributed by atoms with Crippen LogP contribution in [0.2, 0.25) is 0 Å². The highest BCUT2D eigenvalue weighted by Gasteiger charge is 2.36. The first-order valence-electron chi connectivity index (χ1n) is 6.15. The van der Waals surface area contributed by atoms with E-state index in [2.05, 4.69) is 25.9 Å². The third-order valence-corrected chi connectivity index (χ3v) is 3.93. The number of nitrogens with one attached hydrogen (secondary N) is 2. The van der Waals surface area contributed by atoms with Crippen LogP contribution in [0.1, 0.15) is 11.4 Å². The molecule has 0 aliphatic carbocycles. The number of benzene rings is 1. The second-order valence-corrected chi connectivity index (χ2v) is 6.51. The second-order valence-electron chi connectivity index (χ2n) is 4.53. The van der Waals surface area contributed by atoms with Crippen molar-refractivity contribution in [1.82, 2.24) is 20.6 Å². The molecule has 2 N–H and O–H groups in total. The van der Waals surface area contributed by atoms with E-state index in [9.17, 15) is 21.6 Å². The Morgan fingerprint density at radius 2 is 2.12 bits per heavy atom. The molecule has 126 valence electrons. The molecule has 1 aromatic heterocycles. The molecule has 1 aromatic carbocycles. The molecular formula is C12H9F3N6O2S. The van der Waals surface area contributed by atoms with Gasteiger partial charge in [0.05, 0.1) is 10.5 Å². The minimum atomic E-state index is -4.86. The Hall–Kier alpha value is -2.94. The number of nitriles is 1. The van der Waals surface area contributed by atoms with Gasteiger partial charge in [-0.1, -0.05) is 0 Å². The topological polar surface area (TPSA) is 124 Å². The molecule has 12 heteroatoms. The SMILES string of the molecule is CS(=O)(=O)c1ccc(NC=C(C#N)c2nn[nH]n2)cc1C(F)(F)F. The lowest BCUT2D eigenvalue weighted by Crippen LogP contribution is -2.13. The number of rotatable bonds is 4. The first kappa shape index (κ1) is 17.4. The van der Waals surface area contributed by atoms with Crippen molar-refractivity contribution in [2.75, 3.05) is 11.6 Å². The number of aromatic nitrogens is 4. The van der Waals surface area contributed by atoms with Crippen LogP contribution in [0.5, 0.6) is 0 Å². The van der Waals surface area contributed by atoms with Gasteiger partial charge in [-0.25, -0.2) is 8.42 Å². The van der Waals surface area contributed by atoms with E-state index in [0.29, 0.717) is 12.3 Å². The first-order chi connectivity index (χ1) is 11.1. The van der Waals surface area contributed by atoms with Crippen LogP contribution in [-0.2, 0) is 16.0 Å². The van der Waals surface area contributed by atoms with Crippen LogP contribution in [0.3, 0.4) is 0 Å². The van der Waals surface area contributed by atoms with Gasteiger partial charge in [-0.05, 0) is 23.4 Å². The van der Waals surface area contributed by atoms with Crippen molar-refractivity contribution in [2.45, 2.75) is 11.1 Å². The minimum Gasteiger partial charge on any atom is -0.360 e. The predicted octanol–water partition coefficient (Wildman–Crippen LogP) is 1.60. The molecule has 0 amide bonds. The number of allylic oxidation sites excluding steroid dienone is 1. The molecule has 0 fully saturated rings. The molecule has 0 aliphatic heterocycles. The van der Waals surface area contributed by atoms with Gasteiger partial charge in [-0.2, -0.15) is 23.6 Å². The van der Waals surface area contributed by atoms with Gasteiger partial charge in [0.25, 0.3) is 0 Å². The Kier molecular flexibility index (Phi) is 4.56. The van der Waals surface area contributed by atoms with Gasteiger partial charge in [0.1, 0.15) is 11.6 Å². The molecule has 0 unspecified atom stereocenters. The van der Waals surface area contributed by atoms with Crippen LogP contribution in [0.4, 0.5) is 18.9 Å². The molecule has 1 heterocycles. The Morgan fingerprint density at radius 3 is 2.62 bits per heavy atom. The van der Waals surface area contributed by atoms with Gasteiger partial charge in [0, 0.05) is 18.1 Å². The lowest BCUT2D eigenvalue weighted by molar-refractivity contribution is -0.139. The molecule has 0 saturated carbocycles. The molecule has 0 spiro atoms. The highest BCUT2D eigenvalue weighted by atomic mass is 32.2. The monoisotopic (exact) mass is 358 g/mol. The van der Waals surface area contributed by atoms with Crippen LogP contribution in [0.15, 0.2) is 29.3 Å². The fourth-order valence-corrected chi connectivity index (χ4v) is 2.63. The molecule has 0 aliphatic rings. The van der Waals surface area contributed by atoms with E-state index in [1.54, 1.807) is 6.07 Å². The summed E-state index contributed by atoms with van der Waals surface area (Å²) in [5.41, 5.74) is -1.45. The van der Waals surface area contributed by atoms with E-state index < -0.39 is 26.5 Å². The lowest BCUT2D eigenvalue weighted by Gasteiger charge is -2.13. The van der Waals surface area contributed by atoms with Crippen molar-refractivity contribution in [3.63, 3.8) is 0 Å². The van der Waals surface area contributed by atoms with Crippen molar-refractivity contribution in [1.29, 1.82) is 5.26 Å². The summed E-state index contributed by atoms with van der Waals surface area (Å²) in [5.74, 6) is -0.0474. The summed E-state index contributed by atoms with van der Waals surface area (Å²) in [4.78, 5) is -0.830. The first-order valence-corrected chi connectivity index (χ1v) is 8.04. The van der Waals surface area contributed by atoms with Crippen LogP contribution in [-0.4, -0.2) is 35.3 Å². The summed E-state index contributed by atoms with van der Waals surface area (Å²) >= 11 is 0. The average molecular weight is 358 g/mol. The summed E-state index contributed by atoms with van der Waals surface area (Å²) in [5, 5.41) is 24.0. The van der Waals surface area contributed by atoms with Crippen molar-refractivity contribution >= 4 is 21.1 Å². The molecular weight excluding hydrogens is 349 g/mol. The highest BCUT2D eigenvalue weighted by Crippen LogP contribution is 2.36.